The maximum Gasteiger partial charge on any atom is 0.426 e. The van der Waals surface area contributed by atoms with Gasteiger partial charge in [0.15, 0.2) is 0 Å². The van der Waals surface area contributed by atoms with Gasteiger partial charge in [-0.15, -0.1) is 0 Å². The summed E-state index contributed by atoms with van der Waals surface area (Å²) in [5.41, 5.74) is 3.15. The number of likely N-dealkylation sites (tertiary alicyclic amines) is 1. The summed E-state index contributed by atoms with van der Waals surface area (Å²) in [6.45, 7) is 4.47. The van der Waals surface area contributed by atoms with Gasteiger partial charge < -0.3 is 20.6 Å². The molecule has 3 rings (SSSR count). The first-order valence-corrected chi connectivity index (χ1v) is 11.7. The minimum absolute atomic E-state index is 0.221. The molecule has 0 saturated carbocycles. The van der Waals surface area contributed by atoms with E-state index in [0.717, 1.165) is 31.6 Å². The van der Waals surface area contributed by atoms with E-state index in [1.54, 1.807) is 12.1 Å². The van der Waals surface area contributed by atoms with Crippen molar-refractivity contribution < 1.29 is 27.9 Å². The highest BCUT2D eigenvalue weighted by molar-refractivity contribution is 6.34. The lowest BCUT2D eigenvalue weighted by Gasteiger charge is -2.43. The van der Waals surface area contributed by atoms with E-state index in [0.29, 0.717) is 29.7 Å². The molecule has 2 saturated heterocycles. The molecule has 2 fully saturated rings. The number of carbonyl (C=O) groups is 2. The van der Waals surface area contributed by atoms with Gasteiger partial charge in [0.05, 0.1) is 10.6 Å². The number of nitrogens with zero attached hydrogens (tertiary/aromatic N) is 2. The Hall–Kier alpha value is -2.00. The number of amides is 2. The van der Waals surface area contributed by atoms with Gasteiger partial charge in [0.25, 0.3) is 5.91 Å². The minimum Gasteiger partial charge on any atom is -0.372 e. The second kappa shape index (κ2) is 9.70. The van der Waals surface area contributed by atoms with E-state index in [9.17, 15) is 27.9 Å². The van der Waals surface area contributed by atoms with Crippen LogP contribution in [0.2, 0.25) is 5.02 Å². The average Bonchev–Trinajstić information content (AvgIpc) is 2.77. The van der Waals surface area contributed by atoms with Crippen LogP contribution >= 0.6 is 11.6 Å². The third kappa shape index (κ3) is 5.09. The zero-order valence-corrected chi connectivity index (χ0v) is 19.6. The Balaban J connectivity index is 1.55. The van der Waals surface area contributed by atoms with Crippen molar-refractivity contribution in [3.63, 3.8) is 0 Å². The van der Waals surface area contributed by atoms with Crippen molar-refractivity contribution in [3.8, 4) is 0 Å². The van der Waals surface area contributed by atoms with Gasteiger partial charge in [-0.1, -0.05) is 25.4 Å². The number of nitrogens with two attached hydrogens (primary N) is 1. The minimum atomic E-state index is -5.01. The van der Waals surface area contributed by atoms with Crippen LogP contribution in [0.5, 0.6) is 0 Å². The van der Waals surface area contributed by atoms with Crippen LogP contribution in [0.1, 0.15) is 49.9 Å². The predicted molar refractivity (Wildman–Crippen MR) is 120 cm³/mol. The first kappa shape index (κ1) is 25.6. The Morgan fingerprint density at radius 1 is 1.06 bits per heavy atom. The summed E-state index contributed by atoms with van der Waals surface area (Å²) in [6.07, 6.45) is -1.91. The Morgan fingerprint density at radius 3 is 2.00 bits per heavy atom. The van der Waals surface area contributed by atoms with Crippen molar-refractivity contribution >= 4 is 29.1 Å². The molecular weight excluding hydrogens is 459 g/mol. The van der Waals surface area contributed by atoms with Gasteiger partial charge in [-0.3, -0.25) is 9.59 Å². The fourth-order valence-electron chi connectivity index (χ4n) is 5.04. The number of hydrogen-bond acceptors (Lipinski definition) is 4. The van der Waals surface area contributed by atoms with Gasteiger partial charge >= 0.3 is 6.18 Å². The highest BCUT2D eigenvalue weighted by Crippen LogP contribution is 2.40. The maximum absolute atomic E-state index is 13.5. The number of hydrogen-bond donors (Lipinski definition) is 2. The van der Waals surface area contributed by atoms with Crippen molar-refractivity contribution in [2.75, 3.05) is 31.1 Å². The van der Waals surface area contributed by atoms with Gasteiger partial charge in [0.1, 0.15) is 0 Å². The normalized spacial score (nSPS) is 20.7. The molecule has 2 heterocycles. The first-order valence-electron chi connectivity index (χ1n) is 11.3. The Morgan fingerprint density at radius 2 is 1.58 bits per heavy atom. The number of rotatable bonds is 5. The van der Waals surface area contributed by atoms with E-state index < -0.39 is 29.5 Å². The number of primary amides is 1. The van der Waals surface area contributed by atoms with E-state index in [1.807, 2.05) is 6.07 Å². The number of halogens is 4. The lowest BCUT2D eigenvalue weighted by Crippen LogP contribution is -2.62. The topological polar surface area (TPSA) is 86.9 Å². The van der Waals surface area contributed by atoms with Gasteiger partial charge in [-0.25, -0.2) is 0 Å². The zero-order valence-electron chi connectivity index (χ0n) is 18.9. The predicted octanol–water partition coefficient (Wildman–Crippen LogP) is 3.84. The molecule has 1 aromatic carbocycles. The van der Waals surface area contributed by atoms with Gasteiger partial charge in [0.2, 0.25) is 11.5 Å². The van der Waals surface area contributed by atoms with Crippen LogP contribution in [0.25, 0.3) is 0 Å². The van der Waals surface area contributed by atoms with E-state index in [4.69, 9.17) is 17.3 Å². The molecule has 1 aromatic rings. The van der Waals surface area contributed by atoms with Gasteiger partial charge in [0, 0.05) is 37.8 Å². The summed E-state index contributed by atoms with van der Waals surface area (Å²) >= 11 is 6.16. The quantitative estimate of drug-likeness (QED) is 0.658. The van der Waals surface area contributed by atoms with Crippen molar-refractivity contribution in [1.29, 1.82) is 0 Å². The number of aliphatic hydroxyl groups is 1. The Bertz CT molecular complexity index is 879. The zero-order chi connectivity index (χ0) is 24.6. The molecule has 0 aliphatic carbocycles. The summed E-state index contributed by atoms with van der Waals surface area (Å²) in [5.74, 6) is -2.33. The van der Waals surface area contributed by atoms with Gasteiger partial charge in [-0.2, -0.15) is 13.2 Å². The molecular formula is C23H31ClF3N3O3. The number of anilines is 1. The van der Waals surface area contributed by atoms with Crippen LogP contribution in [0.4, 0.5) is 18.9 Å². The summed E-state index contributed by atoms with van der Waals surface area (Å²) < 4.78 is 40.4. The number of alkyl halides is 3. The molecule has 10 heteroatoms. The molecule has 6 nitrogen and oxygen atoms in total. The maximum atomic E-state index is 13.5. The van der Waals surface area contributed by atoms with Gasteiger partial charge in [-0.05, 0) is 55.7 Å². The molecule has 184 valence electrons. The smallest absolute Gasteiger partial charge is 0.372 e. The number of benzene rings is 1. The van der Waals surface area contributed by atoms with E-state index in [1.165, 1.54) is 18.7 Å². The van der Waals surface area contributed by atoms with Crippen molar-refractivity contribution in [3.05, 3.63) is 28.8 Å². The molecule has 0 aromatic heterocycles. The summed E-state index contributed by atoms with van der Waals surface area (Å²) in [5, 5.41) is 10.5. The average molecular weight is 490 g/mol. The Labute approximate surface area is 196 Å². The highest BCUT2D eigenvalue weighted by Gasteiger charge is 2.62. The fraction of sp³-hybridized carbons (Fsp3) is 0.652. The van der Waals surface area contributed by atoms with E-state index >= 15 is 0 Å². The van der Waals surface area contributed by atoms with E-state index in [2.05, 4.69) is 4.90 Å². The lowest BCUT2D eigenvalue weighted by atomic mass is 9.78. The van der Waals surface area contributed by atoms with Crippen LogP contribution in [0.15, 0.2) is 18.2 Å². The molecule has 1 atom stereocenters. The molecule has 33 heavy (non-hydrogen) atoms. The monoisotopic (exact) mass is 489 g/mol. The summed E-state index contributed by atoms with van der Waals surface area (Å²) in [7, 11) is 0. The lowest BCUT2D eigenvalue weighted by molar-refractivity contribution is -0.270. The highest BCUT2D eigenvalue weighted by atomic mass is 35.5. The standard InChI is InChI=1S/C23H31ClF3N3O3/c1-14(2)22(33,23(25,26)27)21(32)30-11-7-16(8-12-30)15-5-9-29(10-6-15)17-3-4-18(20(28)31)19(24)13-17/h3-4,13-16,33H,5-12H2,1-2H3,(H2,28,31). The van der Waals surface area contributed by atoms with Crippen molar-refractivity contribution in [2.45, 2.75) is 51.3 Å². The summed E-state index contributed by atoms with van der Waals surface area (Å²) in [6, 6.07) is 5.19. The molecule has 0 spiro atoms. The van der Waals surface area contributed by atoms with Crippen LogP contribution in [-0.2, 0) is 4.79 Å². The van der Waals surface area contributed by atoms with Crippen LogP contribution < -0.4 is 10.6 Å². The van der Waals surface area contributed by atoms with E-state index in [-0.39, 0.29) is 18.7 Å². The molecule has 2 amide bonds. The first-order chi connectivity index (χ1) is 15.4. The molecule has 2 aliphatic rings. The van der Waals surface area contributed by atoms with Crippen molar-refractivity contribution in [1.82, 2.24) is 4.90 Å². The number of carbonyl (C=O) groups excluding carboxylic acids is 2. The SMILES string of the molecule is CC(C)C(O)(C(=O)N1CCC(C2CCN(c3ccc(C(N)=O)c(Cl)c3)CC2)CC1)C(F)(F)F. The molecule has 0 radical (unpaired) electrons. The fourth-order valence-corrected chi connectivity index (χ4v) is 5.31. The molecule has 1 unspecified atom stereocenters. The third-order valence-corrected chi connectivity index (χ3v) is 7.52. The largest absolute Gasteiger partial charge is 0.426 e. The van der Waals surface area contributed by atoms with Crippen LogP contribution in [0.3, 0.4) is 0 Å². The molecule has 3 N–H and O–H groups in total. The third-order valence-electron chi connectivity index (χ3n) is 7.21. The summed E-state index contributed by atoms with van der Waals surface area (Å²) in [4.78, 5) is 27.3. The molecule has 2 aliphatic heterocycles. The van der Waals surface area contributed by atoms with Crippen LogP contribution in [0, 0.1) is 17.8 Å². The molecule has 0 bridgehead atoms. The van der Waals surface area contributed by atoms with Crippen LogP contribution in [-0.4, -0.2) is 59.8 Å². The second-order valence-corrected chi connectivity index (χ2v) is 9.81. The second-order valence-electron chi connectivity index (χ2n) is 9.40. The number of piperidine rings is 2. The van der Waals surface area contributed by atoms with Crippen molar-refractivity contribution in [2.24, 2.45) is 23.5 Å². The Kier molecular flexibility index (Phi) is 7.53.